The fourth-order valence-corrected chi connectivity index (χ4v) is 4.93. The number of nitrogens with zero attached hydrogens (tertiary/aromatic N) is 5. The lowest BCUT2D eigenvalue weighted by Crippen LogP contribution is -2.55. The monoisotopic (exact) mass is 429 g/mol. The normalized spacial score (nSPS) is 22.8. The second-order valence-corrected chi connectivity index (χ2v) is 9.26. The van der Waals surface area contributed by atoms with Gasteiger partial charge in [-0.3, -0.25) is 19.4 Å². The summed E-state index contributed by atoms with van der Waals surface area (Å²) < 4.78 is 0. The van der Waals surface area contributed by atoms with Gasteiger partial charge in [-0.2, -0.15) is 0 Å². The van der Waals surface area contributed by atoms with Crippen LogP contribution in [0.2, 0.25) is 0 Å². The van der Waals surface area contributed by atoms with Crippen molar-refractivity contribution in [3.05, 3.63) is 36.0 Å². The fourth-order valence-electron chi connectivity index (χ4n) is 4.21. The Morgan fingerprint density at radius 1 is 1.07 bits per heavy atom. The van der Waals surface area contributed by atoms with Gasteiger partial charge in [0.1, 0.15) is 5.03 Å². The lowest BCUT2D eigenvalue weighted by molar-refractivity contribution is -0.134. The number of hydrogen-bond donors (Lipinski definition) is 0. The fraction of sp³-hybridized carbons (Fsp3) is 0.591. The average molecular weight is 430 g/mol. The Morgan fingerprint density at radius 2 is 1.77 bits per heavy atom. The second kappa shape index (κ2) is 9.94. The maximum Gasteiger partial charge on any atom is 0.256 e. The molecule has 0 aromatic carbocycles. The van der Waals surface area contributed by atoms with Crippen LogP contribution in [0.4, 0.5) is 0 Å². The molecule has 1 unspecified atom stereocenters. The Kier molecular flexibility index (Phi) is 7.07. The number of rotatable bonds is 6. The van der Waals surface area contributed by atoms with E-state index in [1.54, 1.807) is 18.0 Å². The molecule has 2 fully saturated rings. The minimum Gasteiger partial charge on any atom is -0.339 e. The Morgan fingerprint density at radius 3 is 2.40 bits per heavy atom. The Balaban J connectivity index is 1.23. The van der Waals surface area contributed by atoms with Gasteiger partial charge in [-0.15, -0.1) is 11.8 Å². The van der Waals surface area contributed by atoms with Crippen LogP contribution < -0.4 is 0 Å². The smallest absolute Gasteiger partial charge is 0.256 e. The topological polar surface area (TPSA) is 60.0 Å². The van der Waals surface area contributed by atoms with Crippen LogP contribution in [0.1, 0.15) is 23.7 Å². The predicted octanol–water partition coefficient (Wildman–Crippen LogP) is 1.42. The van der Waals surface area contributed by atoms with Crippen molar-refractivity contribution in [3.63, 3.8) is 0 Å². The van der Waals surface area contributed by atoms with Crippen LogP contribution in [0.25, 0.3) is 0 Å². The number of amides is 2. The third-order valence-electron chi connectivity index (χ3n) is 6.17. The van der Waals surface area contributed by atoms with Crippen molar-refractivity contribution < 1.29 is 9.59 Å². The van der Waals surface area contributed by atoms with Crippen LogP contribution in [0, 0.1) is 0 Å². The third-order valence-corrected chi connectivity index (χ3v) is 7.06. The van der Waals surface area contributed by atoms with E-state index in [0.717, 1.165) is 56.5 Å². The summed E-state index contributed by atoms with van der Waals surface area (Å²) in [6, 6.07) is 4.27. The minimum atomic E-state index is 0.0474. The Labute approximate surface area is 183 Å². The molecule has 30 heavy (non-hydrogen) atoms. The molecule has 2 aliphatic heterocycles. The van der Waals surface area contributed by atoms with E-state index in [4.69, 9.17) is 0 Å². The molecule has 3 heterocycles. The molecule has 1 aliphatic carbocycles. The molecule has 0 radical (unpaired) electrons. The first-order valence-electron chi connectivity index (χ1n) is 10.9. The highest BCUT2D eigenvalue weighted by Gasteiger charge is 2.29. The van der Waals surface area contributed by atoms with Gasteiger partial charge >= 0.3 is 0 Å². The molecular weight excluding hydrogens is 398 g/mol. The summed E-state index contributed by atoms with van der Waals surface area (Å²) in [6.07, 6.45) is 7.35. The quantitative estimate of drug-likeness (QED) is 0.504. The second-order valence-electron chi connectivity index (χ2n) is 8.01. The van der Waals surface area contributed by atoms with E-state index in [0.29, 0.717) is 31.2 Å². The van der Waals surface area contributed by atoms with E-state index >= 15 is 0 Å². The number of hydrogen-bond acceptors (Lipinski definition) is 6. The summed E-state index contributed by atoms with van der Waals surface area (Å²) >= 11 is 1.60. The zero-order valence-electron chi connectivity index (χ0n) is 17.7. The standard InChI is InChI=1S/C22H31N5O2S/c1-2-30-21-19(7-4-8-23-21)22(29)27-11-9-24(10-12-27)17-20(28)26-15-13-25(14-16-26)18-5-3-6-18/h3-5,7-8,18H,2,6,9-17H2,1H3. The minimum absolute atomic E-state index is 0.0474. The first kappa shape index (κ1) is 21.3. The summed E-state index contributed by atoms with van der Waals surface area (Å²) in [5.74, 6) is 1.15. The first-order valence-corrected chi connectivity index (χ1v) is 11.9. The maximum atomic E-state index is 13.0. The molecule has 1 atom stereocenters. The zero-order valence-corrected chi connectivity index (χ0v) is 18.5. The van der Waals surface area contributed by atoms with Crippen molar-refractivity contribution in [2.24, 2.45) is 0 Å². The molecule has 4 rings (SSSR count). The van der Waals surface area contributed by atoms with Crippen molar-refractivity contribution in [1.82, 2.24) is 24.6 Å². The SMILES string of the molecule is CCSc1ncccc1C(=O)N1CCN(CC(=O)N2CCN(C3C=CC3)CC2)CC1. The number of carbonyl (C=O) groups is 2. The molecule has 2 amide bonds. The molecule has 1 aromatic heterocycles. The number of thioether (sulfide) groups is 1. The van der Waals surface area contributed by atoms with E-state index in [-0.39, 0.29) is 11.8 Å². The van der Waals surface area contributed by atoms with Crippen molar-refractivity contribution in [2.75, 3.05) is 64.7 Å². The van der Waals surface area contributed by atoms with E-state index in [2.05, 4.69) is 33.9 Å². The molecule has 0 spiro atoms. The summed E-state index contributed by atoms with van der Waals surface area (Å²) in [4.78, 5) is 38.6. The van der Waals surface area contributed by atoms with Gasteiger partial charge in [0.25, 0.3) is 5.91 Å². The van der Waals surface area contributed by atoms with E-state index in [9.17, 15) is 9.59 Å². The lowest BCUT2D eigenvalue weighted by Gasteiger charge is -2.41. The van der Waals surface area contributed by atoms with Crippen LogP contribution in [0.3, 0.4) is 0 Å². The molecule has 0 saturated carbocycles. The van der Waals surface area contributed by atoms with Gasteiger partial charge in [-0.05, 0) is 24.3 Å². The van der Waals surface area contributed by atoms with Crippen molar-refractivity contribution >= 4 is 23.6 Å². The highest BCUT2D eigenvalue weighted by Crippen LogP contribution is 2.22. The highest BCUT2D eigenvalue weighted by atomic mass is 32.2. The van der Waals surface area contributed by atoms with Crippen molar-refractivity contribution in [3.8, 4) is 0 Å². The number of aromatic nitrogens is 1. The van der Waals surface area contributed by atoms with Crippen molar-refractivity contribution in [1.29, 1.82) is 0 Å². The molecule has 7 nitrogen and oxygen atoms in total. The molecule has 8 heteroatoms. The largest absolute Gasteiger partial charge is 0.339 e. The number of piperazine rings is 2. The number of carbonyl (C=O) groups excluding carboxylic acids is 2. The summed E-state index contributed by atoms with van der Waals surface area (Å²) in [6.45, 7) is 8.86. The van der Waals surface area contributed by atoms with Gasteiger partial charge in [0.15, 0.2) is 0 Å². The van der Waals surface area contributed by atoms with Crippen LogP contribution >= 0.6 is 11.8 Å². The van der Waals surface area contributed by atoms with Gasteiger partial charge in [-0.1, -0.05) is 19.1 Å². The summed E-state index contributed by atoms with van der Waals surface area (Å²) in [7, 11) is 0. The Bertz CT molecular complexity index is 785. The van der Waals surface area contributed by atoms with Gasteiger partial charge < -0.3 is 9.80 Å². The van der Waals surface area contributed by atoms with Crippen LogP contribution in [-0.4, -0.2) is 107 Å². The van der Waals surface area contributed by atoms with Crippen LogP contribution in [0.15, 0.2) is 35.5 Å². The van der Waals surface area contributed by atoms with Crippen LogP contribution in [0.5, 0.6) is 0 Å². The third kappa shape index (κ3) is 4.87. The molecule has 0 N–H and O–H groups in total. The van der Waals surface area contributed by atoms with Gasteiger partial charge in [0.05, 0.1) is 12.1 Å². The summed E-state index contributed by atoms with van der Waals surface area (Å²) in [5, 5.41) is 0.805. The number of pyridine rings is 1. The van der Waals surface area contributed by atoms with Gasteiger partial charge in [0, 0.05) is 64.6 Å². The summed E-state index contributed by atoms with van der Waals surface area (Å²) in [5.41, 5.74) is 0.688. The van der Waals surface area contributed by atoms with Crippen LogP contribution in [-0.2, 0) is 4.79 Å². The molecule has 162 valence electrons. The predicted molar refractivity (Wildman–Crippen MR) is 119 cm³/mol. The highest BCUT2D eigenvalue weighted by molar-refractivity contribution is 7.99. The Hall–Kier alpha value is -1.90. The van der Waals surface area contributed by atoms with Gasteiger partial charge in [0.2, 0.25) is 5.91 Å². The molecule has 1 aromatic rings. The molecule has 0 bridgehead atoms. The first-order chi connectivity index (χ1) is 14.7. The molecular formula is C22H31N5O2S. The zero-order chi connectivity index (χ0) is 20.9. The maximum absolute atomic E-state index is 13.0. The average Bonchev–Trinajstić information content (AvgIpc) is 2.74. The lowest BCUT2D eigenvalue weighted by atomic mass is 10.0. The molecule has 3 aliphatic rings. The van der Waals surface area contributed by atoms with Gasteiger partial charge in [-0.25, -0.2) is 4.98 Å². The van der Waals surface area contributed by atoms with E-state index < -0.39 is 0 Å². The van der Waals surface area contributed by atoms with Crippen molar-refractivity contribution in [2.45, 2.75) is 24.4 Å². The molecule has 2 saturated heterocycles. The van der Waals surface area contributed by atoms with E-state index in [1.807, 2.05) is 21.9 Å². The van der Waals surface area contributed by atoms with E-state index in [1.165, 1.54) is 0 Å².